The lowest BCUT2D eigenvalue weighted by Crippen LogP contribution is -2.27. The van der Waals surface area contributed by atoms with Crippen LogP contribution in [0.15, 0.2) is 24.3 Å². The number of rotatable bonds is 15. The molecule has 2 aromatic carbocycles. The molecule has 2 aliphatic carbocycles. The standard InChI is InChI=1S/C40H62O4/c1-29(2)36(32-25-30(17-9-5-15-23-41)27-34(37(32)43)39(3)19-11-7-12-20-39)33-26-31(18-10-6-16-24-42)28-35(38(33)44)40(4)21-13-8-14-22-40/h25-29,36,41-44H,5-24H2,1-4H3. The van der Waals surface area contributed by atoms with Crippen LogP contribution in [0.2, 0.25) is 0 Å². The van der Waals surface area contributed by atoms with Gasteiger partial charge in [-0.15, -0.1) is 0 Å². The van der Waals surface area contributed by atoms with Crippen molar-refractivity contribution < 1.29 is 20.4 Å². The van der Waals surface area contributed by atoms with Crippen molar-refractivity contribution in [1.29, 1.82) is 0 Å². The van der Waals surface area contributed by atoms with E-state index in [1.165, 1.54) is 49.7 Å². The summed E-state index contributed by atoms with van der Waals surface area (Å²) in [6.07, 6.45) is 19.2. The number of hydrogen-bond acceptors (Lipinski definition) is 4. The van der Waals surface area contributed by atoms with Gasteiger partial charge < -0.3 is 20.4 Å². The molecule has 4 nitrogen and oxygen atoms in total. The minimum Gasteiger partial charge on any atom is -0.507 e. The van der Waals surface area contributed by atoms with Crippen LogP contribution in [0.3, 0.4) is 0 Å². The Morgan fingerprint density at radius 1 is 0.568 bits per heavy atom. The normalized spacial score (nSPS) is 18.3. The number of phenolic OH excluding ortho intramolecular Hbond substituents is 2. The molecular formula is C40H62O4. The van der Waals surface area contributed by atoms with Crippen LogP contribution in [0.5, 0.6) is 11.5 Å². The van der Waals surface area contributed by atoms with E-state index < -0.39 is 0 Å². The Morgan fingerprint density at radius 3 is 1.30 bits per heavy atom. The number of aliphatic hydroxyl groups is 2. The second-order valence-electron chi connectivity index (χ2n) is 15.2. The summed E-state index contributed by atoms with van der Waals surface area (Å²) in [5.41, 5.74) is 6.56. The monoisotopic (exact) mass is 606 g/mol. The highest BCUT2D eigenvalue weighted by Gasteiger charge is 2.37. The molecule has 2 fully saturated rings. The number of aromatic hydroxyl groups is 2. The van der Waals surface area contributed by atoms with Crippen molar-refractivity contribution in [3.63, 3.8) is 0 Å². The zero-order valence-electron chi connectivity index (χ0n) is 28.4. The van der Waals surface area contributed by atoms with Gasteiger partial charge in [0.1, 0.15) is 11.5 Å². The van der Waals surface area contributed by atoms with E-state index in [-0.39, 0.29) is 35.9 Å². The summed E-state index contributed by atoms with van der Waals surface area (Å²) >= 11 is 0. The van der Waals surface area contributed by atoms with Crippen LogP contribution in [0.25, 0.3) is 0 Å². The SMILES string of the molecule is CC(C)C(c1cc(CCCCCO)cc(C2(C)CCCCC2)c1O)c1cc(CCCCCO)cc(C2(C)CCCCC2)c1O. The van der Waals surface area contributed by atoms with Crippen LogP contribution in [0.4, 0.5) is 0 Å². The van der Waals surface area contributed by atoms with E-state index in [0.29, 0.717) is 11.5 Å². The first-order valence-corrected chi connectivity index (χ1v) is 18.1. The van der Waals surface area contributed by atoms with E-state index in [1.54, 1.807) is 0 Å². The van der Waals surface area contributed by atoms with Gasteiger partial charge in [-0.3, -0.25) is 0 Å². The lowest BCUT2D eigenvalue weighted by Gasteiger charge is -2.38. The highest BCUT2D eigenvalue weighted by molar-refractivity contribution is 5.57. The zero-order chi connectivity index (χ0) is 31.7. The Kier molecular flexibility index (Phi) is 12.7. The van der Waals surface area contributed by atoms with Gasteiger partial charge in [-0.05, 0) is 92.1 Å². The molecule has 2 aliphatic rings. The van der Waals surface area contributed by atoms with E-state index in [2.05, 4.69) is 52.0 Å². The Bertz CT molecular complexity index is 1100. The molecule has 0 saturated heterocycles. The average Bonchev–Trinajstić information content (AvgIpc) is 3.00. The van der Waals surface area contributed by atoms with Crippen molar-refractivity contribution in [2.45, 2.75) is 160 Å². The summed E-state index contributed by atoms with van der Waals surface area (Å²) in [7, 11) is 0. The van der Waals surface area contributed by atoms with Crippen LogP contribution in [0.1, 0.15) is 170 Å². The van der Waals surface area contributed by atoms with Crippen LogP contribution in [-0.2, 0) is 23.7 Å². The maximum Gasteiger partial charge on any atom is 0.123 e. The minimum absolute atomic E-state index is 0.0446. The second-order valence-corrected chi connectivity index (χ2v) is 15.2. The summed E-state index contributed by atoms with van der Waals surface area (Å²) in [4.78, 5) is 0. The van der Waals surface area contributed by atoms with Crippen LogP contribution < -0.4 is 0 Å². The smallest absolute Gasteiger partial charge is 0.123 e. The fourth-order valence-corrected chi connectivity index (χ4v) is 8.45. The van der Waals surface area contributed by atoms with Gasteiger partial charge in [0.25, 0.3) is 0 Å². The molecule has 0 spiro atoms. The van der Waals surface area contributed by atoms with E-state index in [9.17, 15) is 20.4 Å². The summed E-state index contributed by atoms with van der Waals surface area (Å²) in [5, 5.41) is 43.1. The molecule has 2 aromatic rings. The van der Waals surface area contributed by atoms with Gasteiger partial charge in [0.2, 0.25) is 0 Å². The molecule has 0 heterocycles. The quantitative estimate of drug-likeness (QED) is 0.152. The zero-order valence-corrected chi connectivity index (χ0v) is 28.4. The maximum absolute atomic E-state index is 12.2. The van der Waals surface area contributed by atoms with E-state index >= 15 is 0 Å². The summed E-state index contributed by atoms with van der Waals surface area (Å²) in [6.45, 7) is 9.62. The predicted octanol–water partition coefficient (Wildman–Crippen LogP) is 9.74. The van der Waals surface area contributed by atoms with Gasteiger partial charge >= 0.3 is 0 Å². The highest BCUT2D eigenvalue weighted by Crippen LogP contribution is 2.51. The van der Waals surface area contributed by atoms with Crippen molar-refractivity contribution in [3.8, 4) is 11.5 Å². The number of benzene rings is 2. The second kappa shape index (κ2) is 16.0. The molecule has 0 unspecified atom stereocenters. The molecule has 0 aliphatic heterocycles. The van der Waals surface area contributed by atoms with Crippen LogP contribution in [0, 0.1) is 5.92 Å². The topological polar surface area (TPSA) is 80.9 Å². The van der Waals surface area contributed by atoms with Crippen LogP contribution in [-0.4, -0.2) is 33.6 Å². The molecule has 4 heteroatoms. The molecular weight excluding hydrogens is 544 g/mol. The van der Waals surface area contributed by atoms with Gasteiger partial charge in [-0.2, -0.15) is 0 Å². The maximum atomic E-state index is 12.2. The predicted molar refractivity (Wildman–Crippen MR) is 183 cm³/mol. The average molecular weight is 607 g/mol. The van der Waals surface area contributed by atoms with E-state index in [1.807, 2.05) is 0 Å². The first-order chi connectivity index (χ1) is 21.1. The minimum atomic E-state index is -0.123. The summed E-state index contributed by atoms with van der Waals surface area (Å²) in [5.74, 6) is 0.928. The van der Waals surface area contributed by atoms with Crippen molar-refractivity contribution in [2.24, 2.45) is 5.92 Å². The molecule has 246 valence electrons. The molecule has 0 aromatic heterocycles. The summed E-state index contributed by atoms with van der Waals surface area (Å²) in [6, 6.07) is 9.05. The number of phenols is 2. The molecule has 0 atom stereocenters. The van der Waals surface area contributed by atoms with E-state index in [0.717, 1.165) is 99.3 Å². The summed E-state index contributed by atoms with van der Waals surface area (Å²) < 4.78 is 0. The first kappa shape index (κ1) is 34.8. The fourth-order valence-electron chi connectivity index (χ4n) is 8.45. The van der Waals surface area contributed by atoms with Gasteiger partial charge in [-0.25, -0.2) is 0 Å². The van der Waals surface area contributed by atoms with Gasteiger partial charge in [0.05, 0.1) is 0 Å². The third kappa shape index (κ3) is 8.21. The van der Waals surface area contributed by atoms with Gasteiger partial charge in [0, 0.05) is 41.4 Å². The van der Waals surface area contributed by atoms with Crippen molar-refractivity contribution in [1.82, 2.24) is 0 Å². The van der Waals surface area contributed by atoms with Crippen molar-refractivity contribution in [2.75, 3.05) is 13.2 Å². The lowest BCUT2D eigenvalue weighted by molar-refractivity contribution is 0.283. The van der Waals surface area contributed by atoms with Gasteiger partial charge in [0.15, 0.2) is 0 Å². The molecule has 44 heavy (non-hydrogen) atoms. The third-order valence-corrected chi connectivity index (χ3v) is 11.2. The Morgan fingerprint density at radius 2 is 0.955 bits per heavy atom. The molecule has 0 bridgehead atoms. The largest absolute Gasteiger partial charge is 0.507 e. The Balaban J connectivity index is 1.86. The van der Waals surface area contributed by atoms with Gasteiger partial charge in [-0.1, -0.05) is 103 Å². The molecule has 0 amide bonds. The molecule has 0 radical (unpaired) electrons. The number of aliphatic hydroxyl groups excluding tert-OH is 2. The lowest BCUT2D eigenvalue weighted by atomic mass is 9.67. The number of aryl methyl sites for hydroxylation is 2. The van der Waals surface area contributed by atoms with E-state index in [4.69, 9.17) is 0 Å². The third-order valence-electron chi connectivity index (χ3n) is 11.2. The Hall–Kier alpha value is -2.04. The highest BCUT2D eigenvalue weighted by atomic mass is 16.3. The fraction of sp³-hybridized carbons (Fsp3) is 0.700. The number of unbranched alkanes of at least 4 members (excludes halogenated alkanes) is 4. The Labute approximate surface area is 268 Å². The molecule has 4 rings (SSSR count). The number of hydrogen-bond donors (Lipinski definition) is 4. The van der Waals surface area contributed by atoms with Crippen molar-refractivity contribution in [3.05, 3.63) is 57.6 Å². The molecule has 2 saturated carbocycles. The molecule has 4 N–H and O–H groups in total. The van der Waals surface area contributed by atoms with Crippen LogP contribution >= 0.6 is 0 Å². The van der Waals surface area contributed by atoms with Crippen molar-refractivity contribution >= 4 is 0 Å². The first-order valence-electron chi connectivity index (χ1n) is 18.1.